The van der Waals surface area contributed by atoms with Crippen molar-refractivity contribution in [3.63, 3.8) is 0 Å². The second kappa shape index (κ2) is 12.6. The molecule has 0 saturated carbocycles. The first kappa shape index (κ1) is 31.1. The molecule has 0 radical (unpaired) electrons. The Bertz CT molecular complexity index is 1910. The zero-order valence-electron chi connectivity index (χ0n) is 24.5. The van der Waals surface area contributed by atoms with Crippen molar-refractivity contribution in [2.45, 2.75) is 38.4 Å². The highest BCUT2D eigenvalue weighted by Crippen LogP contribution is 2.29. The maximum Gasteiger partial charge on any atom is 0.451 e. The third kappa shape index (κ3) is 6.68. The number of hydrogen-bond donors (Lipinski definition) is 1. The summed E-state index contributed by atoms with van der Waals surface area (Å²) in [5, 5.41) is 14.1. The molecule has 12 nitrogen and oxygen atoms in total. The molecule has 0 amide bonds. The maximum atomic E-state index is 14.9. The molecule has 7 rings (SSSR count). The van der Waals surface area contributed by atoms with Crippen molar-refractivity contribution < 1.29 is 31.4 Å². The van der Waals surface area contributed by atoms with E-state index in [-0.39, 0.29) is 40.9 Å². The summed E-state index contributed by atoms with van der Waals surface area (Å²) in [6.45, 7) is 3.51. The van der Waals surface area contributed by atoms with Crippen molar-refractivity contribution in [3.8, 4) is 17.4 Å². The Balaban J connectivity index is 1.05. The Morgan fingerprint density at radius 2 is 1.79 bits per heavy atom. The predicted octanol–water partition coefficient (Wildman–Crippen LogP) is 4.65. The molecule has 47 heavy (non-hydrogen) atoms. The number of imidazole rings is 1. The average molecular weight is 677 g/mol. The number of anilines is 1. The monoisotopic (exact) mass is 676 g/mol. The number of nitrogens with one attached hydrogen (secondary N) is 1. The molecule has 1 N–H and O–H groups in total. The van der Waals surface area contributed by atoms with E-state index in [1.165, 1.54) is 30.3 Å². The Morgan fingerprint density at radius 3 is 2.49 bits per heavy atom. The molecule has 1 atom stereocenters. The number of benzene rings is 1. The van der Waals surface area contributed by atoms with E-state index in [2.05, 4.69) is 30.2 Å². The molecule has 2 saturated heterocycles. The van der Waals surface area contributed by atoms with Crippen LogP contribution in [0.3, 0.4) is 0 Å². The summed E-state index contributed by atoms with van der Waals surface area (Å²) in [5.41, 5.74) is 1.24. The van der Waals surface area contributed by atoms with Gasteiger partial charge in [-0.15, -0.1) is 10.2 Å². The van der Waals surface area contributed by atoms with E-state index in [0.717, 1.165) is 6.42 Å². The van der Waals surface area contributed by atoms with Crippen molar-refractivity contribution in [2.24, 2.45) is 0 Å². The predicted molar refractivity (Wildman–Crippen MR) is 157 cm³/mol. The summed E-state index contributed by atoms with van der Waals surface area (Å²) in [6, 6.07) is 8.44. The van der Waals surface area contributed by atoms with Gasteiger partial charge in [-0.1, -0.05) is 17.7 Å². The number of nitrogens with zero attached hydrogens (tertiary/aromatic N) is 9. The first-order chi connectivity index (χ1) is 22.6. The van der Waals surface area contributed by atoms with Crippen LogP contribution < -0.4 is 9.64 Å². The van der Waals surface area contributed by atoms with Crippen LogP contribution in [-0.4, -0.2) is 83.7 Å². The molecule has 0 bridgehead atoms. The SMILES string of the molecule is Fc1cc(Cl)ccc1COc1ccc(F)c(N2CCN(Cc3nc4cc(-c5n[nH]c(C(F)(F)F)n5)nnc4n3C[C@@H]3CCO3)CC2)n1. The van der Waals surface area contributed by atoms with Crippen LogP contribution in [0.25, 0.3) is 22.7 Å². The molecule has 1 aromatic carbocycles. The van der Waals surface area contributed by atoms with Crippen LogP contribution in [0.2, 0.25) is 5.02 Å². The topological polar surface area (TPSA) is 123 Å². The Labute approximate surface area is 268 Å². The fourth-order valence-corrected chi connectivity index (χ4v) is 5.51. The molecular formula is C29H26ClF5N10O2. The van der Waals surface area contributed by atoms with Gasteiger partial charge in [0, 0.05) is 49.4 Å². The summed E-state index contributed by atoms with van der Waals surface area (Å²) in [5.74, 6) is -1.52. The van der Waals surface area contributed by atoms with Crippen LogP contribution in [0.4, 0.5) is 27.8 Å². The van der Waals surface area contributed by atoms with Gasteiger partial charge in [0.15, 0.2) is 17.3 Å². The number of piperazine rings is 1. The molecular weight excluding hydrogens is 651 g/mol. The lowest BCUT2D eigenvalue weighted by Gasteiger charge is -2.35. The number of rotatable bonds is 9. The van der Waals surface area contributed by atoms with Crippen molar-refractivity contribution in [1.82, 2.24) is 44.8 Å². The van der Waals surface area contributed by atoms with Gasteiger partial charge in [0.25, 0.3) is 0 Å². The molecule has 4 aromatic heterocycles. The van der Waals surface area contributed by atoms with Gasteiger partial charge >= 0.3 is 6.18 Å². The van der Waals surface area contributed by atoms with Gasteiger partial charge in [0.2, 0.25) is 17.5 Å². The van der Waals surface area contributed by atoms with Gasteiger partial charge < -0.3 is 18.9 Å². The number of alkyl halides is 3. The Hall–Kier alpha value is -4.48. The first-order valence-electron chi connectivity index (χ1n) is 14.7. The summed E-state index contributed by atoms with van der Waals surface area (Å²) < 4.78 is 81.3. The van der Waals surface area contributed by atoms with Gasteiger partial charge in [0.05, 0.1) is 19.2 Å². The Morgan fingerprint density at radius 1 is 0.979 bits per heavy atom. The minimum absolute atomic E-state index is 0.0217. The van der Waals surface area contributed by atoms with E-state index in [0.29, 0.717) is 68.4 Å². The van der Waals surface area contributed by atoms with Crippen molar-refractivity contribution in [2.75, 3.05) is 37.7 Å². The molecule has 2 fully saturated rings. The number of ether oxygens (including phenoxy) is 2. The highest BCUT2D eigenvalue weighted by molar-refractivity contribution is 6.30. The zero-order valence-corrected chi connectivity index (χ0v) is 25.3. The minimum atomic E-state index is -4.68. The number of H-pyrrole nitrogens is 1. The summed E-state index contributed by atoms with van der Waals surface area (Å²) in [7, 11) is 0. The van der Waals surface area contributed by atoms with Gasteiger partial charge in [0.1, 0.15) is 29.5 Å². The van der Waals surface area contributed by atoms with Crippen LogP contribution in [0.5, 0.6) is 5.88 Å². The first-order valence-corrected chi connectivity index (χ1v) is 15.0. The zero-order chi connectivity index (χ0) is 32.7. The normalized spacial score (nSPS) is 17.3. The number of fused-ring (bicyclic) bond motifs is 1. The standard InChI is InChI=1S/C29H26ClF5N10O2/c30-17-2-1-16(20(32)11-17)15-47-24-4-3-19(31)26(37-24)44-8-6-43(7-9-44)14-23-36-22-12-21(25-38-28(42-40-25)29(33,34)35)39-41-27(22)45(23)13-18-5-10-46-18/h1-4,11-12,18H,5-10,13-15H2,(H,38,40,42)/t18-/m0/s1. The largest absolute Gasteiger partial charge is 0.473 e. The van der Waals surface area contributed by atoms with Gasteiger partial charge in [-0.2, -0.15) is 23.3 Å². The molecule has 0 spiro atoms. The summed E-state index contributed by atoms with van der Waals surface area (Å²) in [6.07, 6.45) is -3.83. The van der Waals surface area contributed by atoms with Gasteiger partial charge in [-0.25, -0.2) is 18.7 Å². The molecule has 0 aliphatic carbocycles. The van der Waals surface area contributed by atoms with E-state index < -0.39 is 23.6 Å². The molecule has 2 aliphatic heterocycles. The van der Waals surface area contributed by atoms with E-state index in [1.807, 2.05) is 14.6 Å². The van der Waals surface area contributed by atoms with Crippen LogP contribution in [0, 0.1) is 11.6 Å². The number of aromatic amines is 1. The third-order valence-corrected chi connectivity index (χ3v) is 8.20. The van der Waals surface area contributed by atoms with Crippen molar-refractivity contribution in [1.29, 1.82) is 0 Å². The van der Waals surface area contributed by atoms with Gasteiger partial charge in [-0.05, 0) is 30.7 Å². The van der Waals surface area contributed by atoms with E-state index >= 15 is 0 Å². The average Bonchev–Trinajstić information content (AvgIpc) is 3.65. The lowest BCUT2D eigenvalue weighted by atomic mass is 10.2. The van der Waals surface area contributed by atoms with Crippen molar-refractivity contribution >= 4 is 28.6 Å². The van der Waals surface area contributed by atoms with E-state index in [4.69, 9.17) is 26.1 Å². The second-order valence-corrected chi connectivity index (χ2v) is 11.5. The van der Waals surface area contributed by atoms with Crippen LogP contribution in [0.15, 0.2) is 36.4 Å². The number of halogens is 6. The van der Waals surface area contributed by atoms with Crippen LogP contribution in [-0.2, 0) is 30.6 Å². The Kier molecular flexibility index (Phi) is 8.36. The fraction of sp³-hybridized carbons (Fsp3) is 0.379. The molecule has 246 valence electrons. The minimum Gasteiger partial charge on any atom is -0.473 e. The molecule has 2 aliphatic rings. The summed E-state index contributed by atoms with van der Waals surface area (Å²) >= 11 is 5.81. The maximum absolute atomic E-state index is 14.9. The molecule has 6 heterocycles. The molecule has 5 aromatic rings. The highest BCUT2D eigenvalue weighted by Gasteiger charge is 2.35. The van der Waals surface area contributed by atoms with E-state index in [9.17, 15) is 22.0 Å². The summed E-state index contributed by atoms with van der Waals surface area (Å²) in [4.78, 5) is 16.6. The highest BCUT2D eigenvalue weighted by atomic mass is 35.5. The lowest BCUT2D eigenvalue weighted by Crippen LogP contribution is -2.47. The lowest BCUT2D eigenvalue weighted by molar-refractivity contribution is -0.144. The van der Waals surface area contributed by atoms with Crippen molar-refractivity contribution in [3.05, 3.63) is 70.3 Å². The quantitative estimate of drug-likeness (QED) is 0.221. The number of aromatic nitrogens is 8. The fourth-order valence-electron chi connectivity index (χ4n) is 5.35. The molecule has 0 unspecified atom stereocenters. The second-order valence-electron chi connectivity index (χ2n) is 11.1. The number of hydrogen-bond acceptors (Lipinski definition) is 10. The van der Waals surface area contributed by atoms with Gasteiger partial charge in [-0.3, -0.25) is 10.00 Å². The number of pyridine rings is 1. The van der Waals surface area contributed by atoms with E-state index in [1.54, 1.807) is 6.07 Å². The molecule has 18 heteroatoms. The smallest absolute Gasteiger partial charge is 0.451 e. The van der Waals surface area contributed by atoms with Crippen LogP contribution in [0.1, 0.15) is 23.6 Å². The third-order valence-electron chi connectivity index (χ3n) is 7.96. The van der Waals surface area contributed by atoms with Crippen LogP contribution >= 0.6 is 11.6 Å².